The first kappa shape index (κ1) is 31.3. The van der Waals surface area contributed by atoms with Crippen LogP contribution in [-0.4, -0.2) is 0 Å². The van der Waals surface area contributed by atoms with Crippen molar-refractivity contribution >= 4 is 38.8 Å². The lowest BCUT2D eigenvalue weighted by atomic mass is 9.75. The molecule has 2 aliphatic rings. The van der Waals surface area contributed by atoms with E-state index in [1.54, 1.807) is 0 Å². The Kier molecular flexibility index (Phi) is 7.23. The topological polar surface area (TPSA) is 0 Å². The van der Waals surface area contributed by atoms with Gasteiger partial charge in [-0.1, -0.05) is 151 Å². The maximum atomic E-state index is 2.53. The quantitative estimate of drug-likeness (QED) is 0.181. The minimum atomic E-state index is -0.128. The lowest BCUT2D eigenvalue weighted by molar-refractivity contribution is 0.580. The molecule has 0 atom stereocenters. The van der Waals surface area contributed by atoms with E-state index in [4.69, 9.17) is 0 Å². The van der Waals surface area contributed by atoms with Gasteiger partial charge in [0, 0.05) is 0 Å². The van der Waals surface area contributed by atoms with E-state index in [9.17, 15) is 0 Å². The second-order valence-corrected chi connectivity index (χ2v) is 16.2. The zero-order valence-electron chi connectivity index (χ0n) is 30.3. The molecule has 0 fully saturated rings. The number of allylic oxidation sites excluding steroid dienone is 4. The Morgan fingerprint density at radius 1 is 0.653 bits per heavy atom. The van der Waals surface area contributed by atoms with Crippen molar-refractivity contribution in [2.24, 2.45) is 0 Å². The summed E-state index contributed by atoms with van der Waals surface area (Å²) in [5.74, 6) is 0. The van der Waals surface area contributed by atoms with E-state index < -0.39 is 0 Å². The minimum absolute atomic E-state index is 0.0259. The van der Waals surface area contributed by atoms with Crippen molar-refractivity contribution in [3.63, 3.8) is 0 Å². The van der Waals surface area contributed by atoms with E-state index in [2.05, 4.69) is 177 Å². The van der Waals surface area contributed by atoms with Gasteiger partial charge in [-0.05, 0) is 141 Å². The number of rotatable bonds is 3. The molecular weight excluding hydrogens is 589 g/mol. The van der Waals surface area contributed by atoms with Gasteiger partial charge in [0.25, 0.3) is 0 Å². The highest BCUT2D eigenvalue weighted by atomic mass is 14.3. The smallest absolute Gasteiger partial charge is 0.00167 e. The van der Waals surface area contributed by atoms with Crippen LogP contribution in [0.1, 0.15) is 92.5 Å². The van der Waals surface area contributed by atoms with Crippen molar-refractivity contribution in [2.75, 3.05) is 0 Å². The lowest BCUT2D eigenvalue weighted by Gasteiger charge is -2.29. The summed E-state index contributed by atoms with van der Waals surface area (Å²) in [7, 11) is 0. The molecule has 0 heteroatoms. The third-order valence-electron chi connectivity index (χ3n) is 10.8. The van der Waals surface area contributed by atoms with E-state index in [1.807, 2.05) is 0 Å². The summed E-state index contributed by atoms with van der Waals surface area (Å²) in [6.07, 6.45) is 10.4. The summed E-state index contributed by atoms with van der Waals surface area (Å²) >= 11 is 0. The maximum Gasteiger partial charge on any atom is -0.00167 e. The Balaban J connectivity index is 1.77. The molecule has 0 nitrogen and oxygen atoms in total. The summed E-state index contributed by atoms with van der Waals surface area (Å²) in [6.45, 7) is 19.0. The average Bonchev–Trinajstić information content (AvgIpc) is 3.72. The second kappa shape index (κ2) is 11.3. The molecule has 6 aromatic carbocycles. The molecule has 49 heavy (non-hydrogen) atoms. The minimum Gasteiger partial charge on any atom is -0.0801 e. The van der Waals surface area contributed by atoms with Crippen LogP contribution in [0.2, 0.25) is 0 Å². The maximum absolute atomic E-state index is 2.53. The second-order valence-electron chi connectivity index (χ2n) is 16.2. The molecule has 8 rings (SSSR count). The number of fused-ring (bicyclic) bond motifs is 4. The van der Waals surface area contributed by atoms with Crippen LogP contribution < -0.4 is 10.4 Å². The van der Waals surface area contributed by atoms with Gasteiger partial charge in [0.2, 0.25) is 0 Å². The molecule has 0 aromatic heterocycles. The van der Waals surface area contributed by atoms with Gasteiger partial charge in [0.15, 0.2) is 0 Å². The van der Waals surface area contributed by atoms with Crippen LogP contribution in [0, 0.1) is 24.3 Å². The van der Waals surface area contributed by atoms with Crippen LogP contribution in [0.25, 0.3) is 38.8 Å². The molecule has 2 aliphatic carbocycles. The van der Waals surface area contributed by atoms with Crippen LogP contribution in [0.15, 0.2) is 115 Å². The molecule has 0 aliphatic heterocycles. The highest BCUT2D eigenvalue weighted by Crippen LogP contribution is 2.39. The Morgan fingerprint density at radius 2 is 1.24 bits per heavy atom. The molecular formula is C49H46. The molecule has 0 N–H and O–H groups in total. The van der Waals surface area contributed by atoms with Gasteiger partial charge in [-0.2, -0.15) is 0 Å². The molecule has 0 heterocycles. The van der Waals surface area contributed by atoms with Gasteiger partial charge in [0.1, 0.15) is 0 Å². The predicted octanol–water partition coefficient (Wildman–Crippen LogP) is 11.2. The molecule has 0 bridgehead atoms. The van der Waals surface area contributed by atoms with Crippen molar-refractivity contribution in [3.05, 3.63) is 181 Å². The van der Waals surface area contributed by atoms with Gasteiger partial charge in [-0.25, -0.2) is 0 Å². The number of benzene rings is 6. The molecule has 0 amide bonds. The van der Waals surface area contributed by atoms with Crippen LogP contribution in [0.3, 0.4) is 0 Å². The van der Waals surface area contributed by atoms with Crippen LogP contribution in [-0.2, 0) is 10.8 Å². The first-order chi connectivity index (χ1) is 23.4. The Morgan fingerprint density at radius 3 is 1.80 bits per heavy atom. The molecule has 0 saturated carbocycles. The zero-order chi connectivity index (χ0) is 34.2. The SMILES string of the molecule is Cc1cc2c(cc1C(C)(C)C)=c1c(c(C3=CC=CC3)c(C)c(C(C)(C)C)c1=C(c1cccc3ccccc13)c1cccc3ccccc13)C=2. The Hall–Kier alpha value is -4.94. The Labute approximate surface area is 291 Å². The highest BCUT2D eigenvalue weighted by molar-refractivity contribution is 6.04. The van der Waals surface area contributed by atoms with Crippen molar-refractivity contribution in [1.29, 1.82) is 0 Å². The molecule has 6 aromatic rings. The van der Waals surface area contributed by atoms with Crippen molar-refractivity contribution in [3.8, 4) is 0 Å². The fourth-order valence-corrected chi connectivity index (χ4v) is 8.89. The van der Waals surface area contributed by atoms with E-state index in [0.717, 1.165) is 6.42 Å². The van der Waals surface area contributed by atoms with E-state index in [0.29, 0.717) is 0 Å². The summed E-state index contributed by atoms with van der Waals surface area (Å²) < 4.78 is 0. The standard InChI is InChI=1S/C49H46/c1-30-27-35-28-41-43(34-19-9-10-20-34)31(2)47(49(6,7)8)46(45(41)40(35)29-42(30)48(3,4)5)44(38-25-15-21-32-17-11-13-23-36(32)38)39-26-16-22-33-18-12-14-24-37(33)39/h9-19,21-29H,20H2,1-8H3. The van der Waals surface area contributed by atoms with Crippen LogP contribution >= 0.6 is 0 Å². The van der Waals surface area contributed by atoms with E-state index in [1.165, 1.54) is 98.1 Å². The summed E-state index contributed by atoms with van der Waals surface area (Å²) in [4.78, 5) is 0. The summed E-state index contributed by atoms with van der Waals surface area (Å²) in [6, 6.07) is 36.5. The van der Waals surface area contributed by atoms with Crippen LogP contribution in [0.4, 0.5) is 0 Å². The van der Waals surface area contributed by atoms with Crippen molar-refractivity contribution in [2.45, 2.75) is 72.6 Å². The van der Waals surface area contributed by atoms with Gasteiger partial charge >= 0.3 is 0 Å². The van der Waals surface area contributed by atoms with Gasteiger partial charge in [-0.15, -0.1) is 0 Å². The van der Waals surface area contributed by atoms with E-state index >= 15 is 0 Å². The van der Waals surface area contributed by atoms with E-state index in [-0.39, 0.29) is 10.8 Å². The van der Waals surface area contributed by atoms with Crippen LogP contribution in [0.5, 0.6) is 0 Å². The van der Waals surface area contributed by atoms with Gasteiger partial charge in [-0.3, -0.25) is 0 Å². The van der Waals surface area contributed by atoms with Crippen molar-refractivity contribution < 1.29 is 0 Å². The number of hydrogen-bond donors (Lipinski definition) is 0. The first-order valence-corrected chi connectivity index (χ1v) is 17.8. The first-order valence-electron chi connectivity index (χ1n) is 17.8. The third kappa shape index (κ3) is 5.04. The predicted molar refractivity (Wildman–Crippen MR) is 211 cm³/mol. The largest absolute Gasteiger partial charge is 0.0801 e. The highest BCUT2D eigenvalue weighted by Gasteiger charge is 2.29. The Bertz CT molecular complexity index is 2550. The number of hydrogen-bond acceptors (Lipinski definition) is 0. The molecule has 0 saturated heterocycles. The summed E-state index contributed by atoms with van der Waals surface area (Å²) in [5, 5.41) is 10.5. The molecule has 0 radical (unpaired) electrons. The summed E-state index contributed by atoms with van der Waals surface area (Å²) in [5.41, 5.74) is 13.6. The number of aryl methyl sites for hydroxylation is 1. The third-order valence-corrected chi connectivity index (χ3v) is 10.8. The fraction of sp³-hybridized carbons (Fsp3) is 0.224. The van der Waals surface area contributed by atoms with Crippen molar-refractivity contribution in [1.82, 2.24) is 0 Å². The molecule has 242 valence electrons. The zero-order valence-corrected chi connectivity index (χ0v) is 30.3. The normalized spacial score (nSPS) is 13.8. The van der Waals surface area contributed by atoms with Gasteiger partial charge < -0.3 is 0 Å². The molecule has 0 spiro atoms. The fourth-order valence-electron chi connectivity index (χ4n) is 8.89. The lowest BCUT2D eigenvalue weighted by Crippen LogP contribution is -2.30. The molecule has 0 unspecified atom stereocenters. The monoisotopic (exact) mass is 634 g/mol. The van der Waals surface area contributed by atoms with Gasteiger partial charge in [0.05, 0.1) is 0 Å². The average molecular weight is 635 g/mol.